The highest BCUT2D eigenvalue weighted by molar-refractivity contribution is 5.66. The van der Waals surface area contributed by atoms with Crippen molar-refractivity contribution >= 4 is 11.9 Å². The van der Waals surface area contributed by atoms with Gasteiger partial charge in [-0.25, -0.2) is 0 Å². The highest BCUT2D eigenvalue weighted by atomic mass is 16.5. The highest BCUT2D eigenvalue weighted by Gasteiger charge is 1.92. The van der Waals surface area contributed by atoms with Gasteiger partial charge in [-0.05, 0) is 12.8 Å². The van der Waals surface area contributed by atoms with Gasteiger partial charge in [0.2, 0.25) is 0 Å². The molecule has 0 bridgehead atoms. The summed E-state index contributed by atoms with van der Waals surface area (Å²) in [7, 11) is 0. The van der Waals surface area contributed by atoms with E-state index in [-0.39, 0.29) is 11.9 Å². The van der Waals surface area contributed by atoms with Crippen LogP contribution in [0.1, 0.15) is 91.9 Å². The van der Waals surface area contributed by atoms with E-state index >= 15 is 0 Å². The van der Waals surface area contributed by atoms with Crippen molar-refractivity contribution in [1.29, 1.82) is 0 Å². The maximum absolute atomic E-state index is 10.3. The monoisotopic (exact) mass is 316 g/mol. The Bertz CT molecular complexity index is 225. The molecule has 0 saturated carbocycles. The van der Waals surface area contributed by atoms with Gasteiger partial charge in [0.05, 0.1) is 13.2 Å². The molecule has 4 heteroatoms. The van der Waals surface area contributed by atoms with Crippen molar-refractivity contribution in [2.24, 2.45) is 0 Å². The molecule has 0 rings (SSSR count). The summed E-state index contributed by atoms with van der Waals surface area (Å²) in [6.07, 6.45) is 12.0. The fourth-order valence-corrected chi connectivity index (χ4v) is 1.84. The first-order valence-corrected chi connectivity index (χ1v) is 8.81. The Balaban J connectivity index is 0. The molecule has 0 saturated heterocycles. The van der Waals surface area contributed by atoms with Crippen LogP contribution >= 0.6 is 0 Å². The van der Waals surface area contributed by atoms with E-state index in [1.54, 1.807) is 0 Å². The topological polar surface area (TPSA) is 52.6 Å². The molecule has 0 aliphatic heterocycles. The molecule has 0 aliphatic rings. The minimum absolute atomic E-state index is 0.166. The second-order valence-electron chi connectivity index (χ2n) is 5.51. The smallest absolute Gasteiger partial charge is 0.302 e. The van der Waals surface area contributed by atoms with Gasteiger partial charge in [0.25, 0.3) is 0 Å². The van der Waals surface area contributed by atoms with E-state index in [1.165, 1.54) is 65.2 Å². The van der Waals surface area contributed by atoms with Crippen LogP contribution in [-0.4, -0.2) is 25.2 Å². The van der Waals surface area contributed by atoms with Crippen LogP contribution in [0, 0.1) is 0 Å². The third kappa shape index (κ3) is 27.3. The summed E-state index contributed by atoms with van der Waals surface area (Å²) < 4.78 is 9.57. The molecule has 0 aliphatic carbocycles. The first-order chi connectivity index (χ1) is 10.5. The molecule has 0 aromatic carbocycles. The summed E-state index contributed by atoms with van der Waals surface area (Å²) in [6.45, 7) is 8.47. The van der Waals surface area contributed by atoms with Crippen LogP contribution in [0.4, 0.5) is 0 Å². The van der Waals surface area contributed by atoms with Gasteiger partial charge >= 0.3 is 11.9 Å². The van der Waals surface area contributed by atoms with Crippen LogP contribution in [0.2, 0.25) is 0 Å². The number of carbonyl (C=O) groups excluding carboxylic acids is 2. The number of hydrogen-bond donors (Lipinski definition) is 0. The number of unbranched alkanes of at least 4 members (excludes halogenated alkanes) is 8. The summed E-state index contributed by atoms with van der Waals surface area (Å²) in [5, 5.41) is 0. The molecule has 0 spiro atoms. The SMILES string of the molecule is CCCCCCCOC(C)=O.CCCCCCCOC(C)=O. The maximum Gasteiger partial charge on any atom is 0.302 e. The largest absolute Gasteiger partial charge is 0.466 e. The third-order valence-corrected chi connectivity index (χ3v) is 3.11. The van der Waals surface area contributed by atoms with Crippen molar-refractivity contribution in [2.45, 2.75) is 91.9 Å². The molecule has 0 atom stereocenters. The molecular formula is C18H36O4. The van der Waals surface area contributed by atoms with E-state index in [4.69, 9.17) is 9.47 Å². The molecule has 0 radical (unpaired) electrons. The lowest BCUT2D eigenvalue weighted by atomic mass is 10.2. The van der Waals surface area contributed by atoms with E-state index in [1.807, 2.05) is 0 Å². The predicted octanol–water partition coefficient (Wildman–Crippen LogP) is 5.04. The van der Waals surface area contributed by atoms with E-state index in [0.717, 1.165) is 12.8 Å². The van der Waals surface area contributed by atoms with Gasteiger partial charge in [-0.1, -0.05) is 65.2 Å². The summed E-state index contributed by atoms with van der Waals surface area (Å²) in [6, 6.07) is 0. The fourth-order valence-electron chi connectivity index (χ4n) is 1.84. The first-order valence-electron chi connectivity index (χ1n) is 8.81. The van der Waals surface area contributed by atoms with Crippen LogP contribution in [0.3, 0.4) is 0 Å². The molecule has 22 heavy (non-hydrogen) atoms. The number of rotatable bonds is 12. The quantitative estimate of drug-likeness (QED) is 0.374. The zero-order chi connectivity index (χ0) is 17.1. The Morgan fingerprint density at radius 2 is 0.909 bits per heavy atom. The molecule has 0 unspecified atom stereocenters. The second-order valence-corrected chi connectivity index (χ2v) is 5.51. The third-order valence-electron chi connectivity index (χ3n) is 3.11. The van der Waals surface area contributed by atoms with Gasteiger partial charge in [0.15, 0.2) is 0 Å². The molecular weight excluding hydrogens is 280 g/mol. The molecule has 0 heterocycles. The van der Waals surface area contributed by atoms with Crippen molar-refractivity contribution in [3.63, 3.8) is 0 Å². The summed E-state index contributed by atoms with van der Waals surface area (Å²) in [5.41, 5.74) is 0. The fraction of sp³-hybridized carbons (Fsp3) is 0.889. The Hall–Kier alpha value is -1.06. The van der Waals surface area contributed by atoms with E-state index in [2.05, 4.69) is 13.8 Å². The Labute approximate surface area is 136 Å². The number of carbonyl (C=O) groups is 2. The zero-order valence-electron chi connectivity index (χ0n) is 15.1. The Morgan fingerprint density at radius 1 is 0.591 bits per heavy atom. The van der Waals surface area contributed by atoms with Crippen LogP contribution in [0.15, 0.2) is 0 Å². The van der Waals surface area contributed by atoms with Crippen LogP contribution < -0.4 is 0 Å². The van der Waals surface area contributed by atoms with Crippen molar-refractivity contribution in [2.75, 3.05) is 13.2 Å². The molecule has 0 N–H and O–H groups in total. The van der Waals surface area contributed by atoms with Crippen LogP contribution in [0.5, 0.6) is 0 Å². The zero-order valence-corrected chi connectivity index (χ0v) is 15.1. The van der Waals surface area contributed by atoms with Gasteiger partial charge in [-0.2, -0.15) is 0 Å². The maximum atomic E-state index is 10.3. The van der Waals surface area contributed by atoms with Gasteiger partial charge in [-0.15, -0.1) is 0 Å². The average molecular weight is 316 g/mol. The number of ether oxygens (including phenoxy) is 2. The molecule has 132 valence electrons. The molecule has 0 aromatic heterocycles. The normalized spacial score (nSPS) is 9.64. The van der Waals surface area contributed by atoms with Gasteiger partial charge in [-0.3, -0.25) is 9.59 Å². The molecule has 0 aromatic rings. The van der Waals surface area contributed by atoms with E-state index in [9.17, 15) is 9.59 Å². The molecule has 4 nitrogen and oxygen atoms in total. The van der Waals surface area contributed by atoms with Crippen molar-refractivity contribution < 1.29 is 19.1 Å². The second kappa shape index (κ2) is 19.9. The Kier molecular flexibility index (Phi) is 21.0. The lowest BCUT2D eigenvalue weighted by molar-refractivity contribution is -0.142. The lowest BCUT2D eigenvalue weighted by Gasteiger charge is -2.00. The molecule has 0 amide bonds. The van der Waals surface area contributed by atoms with Crippen molar-refractivity contribution in [1.82, 2.24) is 0 Å². The minimum Gasteiger partial charge on any atom is -0.466 e. The van der Waals surface area contributed by atoms with Gasteiger partial charge in [0.1, 0.15) is 0 Å². The average Bonchev–Trinajstić information content (AvgIpc) is 2.46. The Morgan fingerprint density at radius 3 is 1.18 bits per heavy atom. The van der Waals surface area contributed by atoms with Gasteiger partial charge in [0, 0.05) is 13.8 Å². The highest BCUT2D eigenvalue weighted by Crippen LogP contribution is 2.02. The van der Waals surface area contributed by atoms with E-state index in [0.29, 0.717) is 13.2 Å². The number of hydrogen-bond acceptors (Lipinski definition) is 4. The van der Waals surface area contributed by atoms with Crippen molar-refractivity contribution in [3.05, 3.63) is 0 Å². The summed E-state index contributed by atoms with van der Waals surface area (Å²) in [4.78, 5) is 20.6. The van der Waals surface area contributed by atoms with E-state index < -0.39 is 0 Å². The predicted molar refractivity (Wildman–Crippen MR) is 90.8 cm³/mol. The summed E-state index contributed by atoms with van der Waals surface area (Å²) >= 11 is 0. The van der Waals surface area contributed by atoms with Crippen LogP contribution in [-0.2, 0) is 19.1 Å². The van der Waals surface area contributed by atoms with Crippen molar-refractivity contribution in [3.8, 4) is 0 Å². The standard InChI is InChI=1S/2C9H18O2/c2*1-3-4-5-6-7-8-11-9(2)10/h2*3-8H2,1-2H3. The minimum atomic E-state index is -0.166. The number of esters is 2. The molecule has 0 fully saturated rings. The van der Waals surface area contributed by atoms with Gasteiger partial charge < -0.3 is 9.47 Å². The van der Waals surface area contributed by atoms with Crippen LogP contribution in [0.25, 0.3) is 0 Å². The first kappa shape index (κ1) is 23.2. The summed E-state index contributed by atoms with van der Waals surface area (Å²) in [5.74, 6) is -0.332. The lowest BCUT2D eigenvalue weighted by Crippen LogP contribution is -1.99.